The van der Waals surface area contributed by atoms with E-state index in [2.05, 4.69) is 4.90 Å². The van der Waals surface area contributed by atoms with Gasteiger partial charge in [0.15, 0.2) is 0 Å². The highest BCUT2D eigenvalue weighted by Crippen LogP contribution is 2.38. The molecule has 1 aliphatic rings. The van der Waals surface area contributed by atoms with Crippen molar-refractivity contribution in [3.05, 3.63) is 53.6 Å². The van der Waals surface area contributed by atoms with E-state index < -0.39 is 0 Å². The molecular weight excluding hydrogens is 368 g/mol. The van der Waals surface area contributed by atoms with Crippen molar-refractivity contribution in [3.8, 4) is 17.2 Å². The first-order valence-electron chi connectivity index (χ1n) is 9.88. The van der Waals surface area contributed by atoms with Crippen LogP contribution in [-0.4, -0.2) is 57.2 Å². The van der Waals surface area contributed by atoms with Gasteiger partial charge in [0.25, 0.3) is 0 Å². The second-order valence-electron chi connectivity index (χ2n) is 7.34. The minimum absolute atomic E-state index is 0.0987. The molecule has 6 nitrogen and oxygen atoms in total. The van der Waals surface area contributed by atoms with Gasteiger partial charge < -0.3 is 19.1 Å². The third-order valence-electron chi connectivity index (χ3n) is 5.48. The number of likely N-dealkylation sites (N-methyl/N-ethyl adjacent to an activating group) is 1. The topological polar surface area (TPSA) is 51.2 Å². The summed E-state index contributed by atoms with van der Waals surface area (Å²) in [7, 11) is 6.83. The van der Waals surface area contributed by atoms with Gasteiger partial charge in [-0.1, -0.05) is 12.1 Å². The first kappa shape index (κ1) is 21.0. The van der Waals surface area contributed by atoms with E-state index in [1.54, 1.807) is 26.2 Å². The van der Waals surface area contributed by atoms with Crippen molar-refractivity contribution in [2.24, 2.45) is 0 Å². The van der Waals surface area contributed by atoms with Gasteiger partial charge in [0, 0.05) is 25.2 Å². The third kappa shape index (κ3) is 5.01. The molecule has 0 bridgehead atoms. The summed E-state index contributed by atoms with van der Waals surface area (Å²) in [4.78, 5) is 16.9. The van der Waals surface area contributed by atoms with Crippen molar-refractivity contribution < 1.29 is 19.0 Å². The molecule has 1 atom stereocenters. The number of carbonyl (C=O) groups excluding carboxylic acids is 1. The predicted molar refractivity (Wildman–Crippen MR) is 113 cm³/mol. The molecule has 2 aromatic rings. The minimum atomic E-state index is 0.0987. The summed E-state index contributed by atoms with van der Waals surface area (Å²) >= 11 is 0. The zero-order chi connectivity index (χ0) is 20.8. The van der Waals surface area contributed by atoms with E-state index in [-0.39, 0.29) is 11.9 Å². The van der Waals surface area contributed by atoms with E-state index in [4.69, 9.17) is 14.2 Å². The maximum absolute atomic E-state index is 12.9. The molecule has 0 N–H and O–H groups in total. The Morgan fingerprint density at radius 1 is 1.07 bits per heavy atom. The van der Waals surface area contributed by atoms with Crippen molar-refractivity contribution in [3.63, 3.8) is 0 Å². The summed E-state index contributed by atoms with van der Waals surface area (Å²) in [6.07, 6.45) is 2.05. The third-order valence-corrected chi connectivity index (χ3v) is 5.48. The van der Waals surface area contributed by atoms with Crippen LogP contribution in [0.4, 0.5) is 0 Å². The fourth-order valence-corrected chi connectivity index (χ4v) is 3.89. The number of hydrogen-bond acceptors (Lipinski definition) is 5. The van der Waals surface area contributed by atoms with Gasteiger partial charge in [-0.25, -0.2) is 0 Å². The lowest BCUT2D eigenvalue weighted by Crippen LogP contribution is -2.37. The number of ether oxygens (including phenoxy) is 3. The van der Waals surface area contributed by atoms with Gasteiger partial charge in [-0.2, -0.15) is 0 Å². The minimum Gasteiger partial charge on any atom is -0.497 e. The van der Waals surface area contributed by atoms with Crippen LogP contribution < -0.4 is 14.2 Å². The lowest BCUT2D eigenvalue weighted by Gasteiger charge is -2.28. The molecule has 0 spiro atoms. The lowest BCUT2D eigenvalue weighted by atomic mass is 10.0. The highest BCUT2D eigenvalue weighted by molar-refractivity contribution is 5.78. The van der Waals surface area contributed by atoms with Crippen LogP contribution >= 0.6 is 0 Å². The number of rotatable bonds is 8. The standard InChI is InChI=1S/C23H30N2O4/c1-24(15-17-7-5-8-18(13-17)27-2)23(26)16-25-12-6-9-21(25)20-14-19(28-3)10-11-22(20)29-4/h5,7-8,10-11,13-14,21H,6,9,12,15-16H2,1-4H3. The predicted octanol–water partition coefficient (Wildman–Crippen LogP) is 3.51. The summed E-state index contributed by atoms with van der Waals surface area (Å²) < 4.78 is 16.2. The van der Waals surface area contributed by atoms with Crippen molar-refractivity contribution in [2.45, 2.75) is 25.4 Å². The molecule has 29 heavy (non-hydrogen) atoms. The summed E-state index contributed by atoms with van der Waals surface area (Å²) in [5, 5.41) is 0. The zero-order valence-electron chi connectivity index (χ0n) is 17.7. The van der Waals surface area contributed by atoms with Crippen LogP contribution in [0, 0.1) is 0 Å². The second kappa shape index (κ2) is 9.65. The zero-order valence-corrected chi connectivity index (χ0v) is 17.7. The number of benzene rings is 2. The van der Waals surface area contributed by atoms with Crippen LogP contribution in [0.5, 0.6) is 17.2 Å². The molecule has 156 valence electrons. The Morgan fingerprint density at radius 2 is 1.83 bits per heavy atom. The number of hydrogen-bond donors (Lipinski definition) is 0. The lowest BCUT2D eigenvalue weighted by molar-refractivity contribution is -0.131. The van der Waals surface area contributed by atoms with Gasteiger partial charge in [-0.3, -0.25) is 9.69 Å². The van der Waals surface area contributed by atoms with E-state index in [9.17, 15) is 4.79 Å². The fourth-order valence-electron chi connectivity index (χ4n) is 3.89. The molecule has 2 aromatic carbocycles. The molecule has 1 unspecified atom stereocenters. The van der Waals surface area contributed by atoms with Gasteiger partial charge in [-0.05, 0) is 55.3 Å². The van der Waals surface area contributed by atoms with Crippen molar-refractivity contribution in [1.82, 2.24) is 9.80 Å². The molecule has 1 amide bonds. The van der Waals surface area contributed by atoms with E-state index in [0.29, 0.717) is 13.1 Å². The van der Waals surface area contributed by atoms with Crippen LogP contribution in [0.25, 0.3) is 0 Å². The van der Waals surface area contributed by atoms with Crippen LogP contribution in [0.3, 0.4) is 0 Å². The quantitative estimate of drug-likeness (QED) is 0.681. The van der Waals surface area contributed by atoms with Gasteiger partial charge in [0.1, 0.15) is 17.2 Å². The average Bonchev–Trinajstić information content (AvgIpc) is 3.21. The van der Waals surface area contributed by atoms with Gasteiger partial charge in [0.05, 0.1) is 27.9 Å². The molecule has 0 aliphatic carbocycles. The Balaban J connectivity index is 1.69. The van der Waals surface area contributed by atoms with Crippen LogP contribution in [0.15, 0.2) is 42.5 Å². The van der Waals surface area contributed by atoms with Crippen LogP contribution in [0.2, 0.25) is 0 Å². The molecule has 1 saturated heterocycles. The monoisotopic (exact) mass is 398 g/mol. The Labute approximate surface area is 173 Å². The van der Waals surface area contributed by atoms with Gasteiger partial charge in [-0.15, -0.1) is 0 Å². The highest BCUT2D eigenvalue weighted by Gasteiger charge is 2.30. The number of likely N-dealkylation sites (tertiary alicyclic amines) is 1. The van der Waals surface area contributed by atoms with Crippen molar-refractivity contribution in [2.75, 3.05) is 41.5 Å². The first-order valence-corrected chi connectivity index (χ1v) is 9.88. The molecule has 0 aromatic heterocycles. The largest absolute Gasteiger partial charge is 0.497 e. The normalized spacial score (nSPS) is 16.5. The van der Waals surface area contributed by atoms with Gasteiger partial charge in [0.2, 0.25) is 5.91 Å². The van der Waals surface area contributed by atoms with Crippen LogP contribution in [-0.2, 0) is 11.3 Å². The summed E-state index contributed by atoms with van der Waals surface area (Å²) in [6.45, 7) is 1.83. The summed E-state index contributed by atoms with van der Waals surface area (Å²) in [5.41, 5.74) is 2.13. The maximum Gasteiger partial charge on any atom is 0.236 e. The first-order chi connectivity index (χ1) is 14.0. The number of methoxy groups -OCH3 is 3. The number of amides is 1. The van der Waals surface area contributed by atoms with E-state index in [1.807, 2.05) is 49.5 Å². The summed E-state index contributed by atoms with van der Waals surface area (Å²) in [6, 6.07) is 13.8. The van der Waals surface area contributed by atoms with E-state index >= 15 is 0 Å². The van der Waals surface area contributed by atoms with Crippen LogP contribution in [0.1, 0.15) is 30.0 Å². The van der Waals surface area contributed by atoms with E-state index in [1.165, 1.54) is 0 Å². The molecule has 1 aliphatic heterocycles. The Hall–Kier alpha value is -2.73. The molecule has 1 heterocycles. The maximum atomic E-state index is 12.9. The molecular formula is C23H30N2O4. The Bertz CT molecular complexity index is 839. The molecule has 3 rings (SSSR count). The highest BCUT2D eigenvalue weighted by atomic mass is 16.5. The summed E-state index contributed by atoms with van der Waals surface area (Å²) in [5.74, 6) is 2.53. The smallest absolute Gasteiger partial charge is 0.236 e. The number of nitrogens with zero attached hydrogens (tertiary/aromatic N) is 2. The molecule has 6 heteroatoms. The fraction of sp³-hybridized carbons (Fsp3) is 0.435. The molecule has 1 fully saturated rings. The average molecular weight is 399 g/mol. The van der Waals surface area contributed by atoms with Crippen molar-refractivity contribution in [1.29, 1.82) is 0 Å². The van der Waals surface area contributed by atoms with Gasteiger partial charge >= 0.3 is 0 Å². The Kier molecular flexibility index (Phi) is 6.99. The Morgan fingerprint density at radius 3 is 2.55 bits per heavy atom. The van der Waals surface area contributed by atoms with Crippen molar-refractivity contribution >= 4 is 5.91 Å². The molecule has 0 saturated carbocycles. The van der Waals surface area contributed by atoms with E-state index in [0.717, 1.165) is 47.8 Å². The SMILES string of the molecule is COc1cccc(CN(C)C(=O)CN2CCCC2c2cc(OC)ccc2OC)c1. The molecule has 0 radical (unpaired) electrons. The second-order valence-corrected chi connectivity index (χ2v) is 7.34. The number of carbonyl (C=O) groups is 1.